The fraction of sp³-hybridized carbons (Fsp3) is 0.269. The molecule has 2 heterocycles. The summed E-state index contributed by atoms with van der Waals surface area (Å²) < 4.78 is 43.8. The van der Waals surface area contributed by atoms with E-state index >= 15 is 0 Å². The molecule has 2 aliphatic rings. The second-order valence-corrected chi connectivity index (χ2v) is 9.14. The van der Waals surface area contributed by atoms with Crippen molar-refractivity contribution in [2.24, 2.45) is 11.8 Å². The number of aromatic nitrogens is 2. The first-order chi connectivity index (χ1) is 16.3. The SMILES string of the molecule is FC(F)(F)c1ccc(Oc2cccc(/C=C3\CC4CC3CC4NC(=S)c3cccnc3)c2)nc1. The summed E-state index contributed by atoms with van der Waals surface area (Å²) in [5, 5.41) is 3.53. The molecule has 0 saturated heterocycles. The van der Waals surface area contributed by atoms with Crippen LogP contribution in [-0.2, 0) is 6.18 Å². The molecule has 3 unspecified atom stereocenters. The molecule has 2 fully saturated rings. The molecule has 2 bridgehead atoms. The molecule has 4 nitrogen and oxygen atoms in total. The maximum Gasteiger partial charge on any atom is 0.417 e. The number of allylic oxidation sites excluding steroid dienone is 1. The van der Waals surface area contributed by atoms with Gasteiger partial charge in [0, 0.05) is 36.3 Å². The Bertz CT molecular complexity index is 1210. The zero-order valence-corrected chi connectivity index (χ0v) is 18.9. The van der Waals surface area contributed by atoms with Gasteiger partial charge in [-0.05, 0) is 67.0 Å². The van der Waals surface area contributed by atoms with E-state index in [1.54, 1.807) is 18.5 Å². The third-order valence-corrected chi connectivity index (χ3v) is 6.81. The van der Waals surface area contributed by atoms with Crippen molar-refractivity contribution < 1.29 is 17.9 Å². The van der Waals surface area contributed by atoms with Gasteiger partial charge in [-0.15, -0.1) is 0 Å². The first-order valence-corrected chi connectivity index (χ1v) is 11.5. The monoisotopic (exact) mass is 481 g/mol. The van der Waals surface area contributed by atoms with Gasteiger partial charge in [-0.3, -0.25) is 4.98 Å². The Hall–Kier alpha value is -3.26. The van der Waals surface area contributed by atoms with Gasteiger partial charge in [0.15, 0.2) is 0 Å². The van der Waals surface area contributed by atoms with E-state index < -0.39 is 11.7 Å². The van der Waals surface area contributed by atoms with Crippen LogP contribution < -0.4 is 10.1 Å². The highest BCUT2D eigenvalue weighted by molar-refractivity contribution is 7.80. The van der Waals surface area contributed by atoms with E-state index in [2.05, 4.69) is 21.4 Å². The average molecular weight is 482 g/mol. The van der Waals surface area contributed by atoms with Crippen LogP contribution in [-0.4, -0.2) is 21.0 Å². The Labute approximate surface area is 200 Å². The van der Waals surface area contributed by atoms with Crippen LogP contribution in [0, 0.1) is 11.8 Å². The van der Waals surface area contributed by atoms with Gasteiger partial charge >= 0.3 is 6.18 Å². The van der Waals surface area contributed by atoms with E-state index in [0.717, 1.165) is 47.6 Å². The lowest BCUT2D eigenvalue weighted by molar-refractivity contribution is -0.137. The largest absolute Gasteiger partial charge is 0.439 e. The van der Waals surface area contributed by atoms with Gasteiger partial charge in [0.05, 0.1) is 5.56 Å². The number of hydrogen-bond donors (Lipinski definition) is 1. The predicted molar refractivity (Wildman–Crippen MR) is 127 cm³/mol. The minimum absolute atomic E-state index is 0.122. The van der Waals surface area contributed by atoms with Gasteiger partial charge in [-0.1, -0.05) is 36.0 Å². The van der Waals surface area contributed by atoms with Crippen LogP contribution in [0.25, 0.3) is 6.08 Å². The van der Waals surface area contributed by atoms with E-state index in [4.69, 9.17) is 17.0 Å². The molecule has 2 aromatic heterocycles. The molecule has 0 radical (unpaired) electrons. The standard InChI is InChI=1S/C26H22F3N3OS/c27-26(28,29)21-6-7-24(31-15-21)33-22-5-1-3-16(10-22)9-18-11-20-12-19(18)13-23(20)32-25(34)17-4-2-8-30-14-17/h1-10,14-15,19-20,23H,11-13H2,(H,32,34)/b18-9+. The van der Waals surface area contributed by atoms with Crippen molar-refractivity contribution in [1.82, 2.24) is 15.3 Å². The summed E-state index contributed by atoms with van der Waals surface area (Å²) in [6.45, 7) is 0. The zero-order chi connectivity index (χ0) is 23.7. The molecule has 0 amide bonds. The highest BCUT2D eigenvalue weighted by atomic mass is 32.1. The molecular formula is C26H22F3N3OS. The minimum atomic E-state index is -4.42. The molecule has 1 N–H and O–H groups in total. The molecular weight excluding hydrogens is 459 g/mol. The van der Waals surface area contributed by atoms with Gasteiger partial charge in [0.25, 0.3) is 0 Å². The maximum atomic E-state index is 12.7. The van der Waals surface area contributed by atoms with E-state index in [-0.39, 0.29) is 5.88 Å². The van der Waals surface area contributed by atoms with E-state index in [0.29, 0.717) is 23.6 Å². The number of benzene rings is 1. The summed E-state index contributed by atoms with van der Waals surface area (Å²) >= 11 is 5.56. The molecule has 0 aliphatic heterocycles. The lowest BCUT2D eigenvalue weighted by atomic mass is 9.89. The number of rotatable bonds is 5. The molecule has 2 saturated carbocycles. The van der Waals surface area contributed by atoms with Crippen LogP contribution in [0.15, 0.2) is 72.7 Å². The number of fused-ring (bicyclic) bond motifs is 2. The summed E-state index contributed by atoms with van der Waals surface area (Å²) in [6, 6.07) is 13.9. The van der Waals surface area contributed by atoms with Crippen molar-refractivity contribution in [2.45, 2.75) is 31.5 Å². The van der Waals surface area contributed by atoms with Crippen LogP contribution in [0.3, 0.4) is 0 Å². The van der Waals surface area contributed by atoms with Crippen LogP contribution in [0.5, 0.6) is 11.6 Å². The molecule has 174 valence electrons. The van der Waals surface area contributed by atoms with Crippen molar-refractivity contribution in [2.75, 3.05) is 0 Å². The second kappa shape index (κ2) is 9.18. The van der Waals surface area contributed by atoms with Crippen molar-refractivity contribution >= 4 is 23.3 Å². The minimum Gasteiger partial charge on any atom is -0.439 e. The highest BCUT2D eigenvalue weighted by Gasteiger charge is 2.42. The van der Waals surface area contributed by atoms with Crippen LogP contribution in [0.2, 0.25) is 0 Å². The van der Waals surface area contributed by atoms with Crippen LogP contribution in [0.4, 0.5) is 13.2 Å². The Morgan fingerprint density at radius 3 is 2.65 bits per heavy atom. The topological polar surface area (TPSA) is 47.0 Å². The highest BCUT2D eigenvalue weighted by Crippen LogP contribution is 2.49. The van der Waals surface area contributed by atoms with Gasteiger partial charge in [0.2, 0.25) is 5.88 Å². The van der Waals surface area contributed by atoms with Crippen molar-refractivity contribution in [3.63, 3.8) is 0 Å². The van der Waals surface area contributed by atoms with E-state index in [1.165, 1.54) is 11.6 Å². The average Bonchev–Trinajstić information content (AvgIpc) is 3.40. The van der Waals surface area contributed by atoms with Gasteiger partial charge in [0.1, 0.15) is 10.7 Å². The Morgan fingerprint density at radius 1 is 1.09 bits per heavy atom. The number of ether oxygens (including phenoxy) is 1. The third kappa shape index (κ3) is 4.97. The smallest absolute Gasteiger partial charge is 0.417 e. The van der Waals surface area contributed by atoms with Gasteiger partial charge in [-0.25, -0.2) is 4.98 Å². The van der Waals surface area contributed by atoms with E-state index in [9.17, 15) is 13.2 Å². The second-order valence-electron chi connectivity index (χ2n) is 8.73. The summed E-state index contributed by atoms with van der Waals surface area (Å²) in [5.41, 5.74) is 2.56. The molecule has 2 aliphatic carbocycles. The Morgan fingerprint density at radius 2 is 1.97 bits per heavy atom. The van der Waals surface area contributed by atoms with Crippen molar-refractivity contribution in [1.29, 1.82) is 0 Å². The fourth-order valence-electron chi connectivity index (χ4n) is 4.84. The molecule has 1 aromatic carbocycles. The Kier molecular flexibility index (Phi) is 6.08. The van der Waals surface area contributed by atoms with Crippen LogP contribution >= 0.6 is 12.2 Å². The molecule has 5 rings (SSSR count). The number of alkyl halides is 3. The number of pyridine rings is 2. The Balaban J connectivity index is 1.22. The third-order valence-electron chi connectivity index (χ3n) is 6.45. The summed E-state index contributed by atoms with van der Waals surface area (Å²) in [6.07, 6.45) is 5.28. The van der Waals surface area contributed by atoms with Crippen molar-refractivity contribution in [3.8, 4) is 11.6 Å². The lowest BCUT2D eigenvalue weighted by Crippen LogP contribution is -2.38. The number of nitrogens with one attached hydrogen (secondary N) is 1. The number of nitrogens with zero attached hydrogens (tertiary/aromatic N) is 2. The molecule has 34 heavy (non-hydrogen) atoms. The molecule has 0 spiro atoms. The predicted octanol–water partition coefficient (Wildman–Crippen LogP) is 6.43. The summed E-state index contributed by atoms with van der Waals surface area (Å²) in [7, 11) is 0. The van der Waals surface area contributed by atoms with E-state index in [1.807, 2.05) is 30.3 Å². The van der Waals surface area contributed by atoms with Gasteiger partial charge in [-0.2, -0.15) is 13.2 Å². The number of halogens is 3. The van der Waals surface area contributed by atoms with Crippen LogP contribution in [0.1, 0.15) is 36.0 Å². The quantitative estimate of drug-likeness (QED) is 0.425. The molecule has 8 heteroatoms. The first-order valence-electron chi connectivity index (χ1n) is 11.1. The fourth-order valence-corrected chi connectivity index (χ4v) is 5.11. The number of thiocarbonyl (C=S) groups is 1. The molecule has 3 atom stereocenters. The lowest BCUT2D eigenvalue weighted by Gasteiger charge is -2.26. The zero-order valence-electron chi connectivity index (χ0n) is 18.1. The van der Waals surface area contributed by atoms with Gasteiger partial charge < -0.3 is 10.1 Å². The summed E-state index contributed by atoms with van der Waals surface area (Å²) in [5.74, 6) is 1.71. The van der Waals surface area contributed by atoms with Crippen molar-refractivity contribution in [3.05, 3.63) is 89.4 Å². The number of hydrogen-bond acceptors (Lipinski definition) is 4. The summed E-state index contributed by atoms with van der Waals surface area (Å²) in [4.78, 5) is 8.67. The maximum absolute atomic E-state index is 12.7. The normalized spacial score (nSPS) is 22.7. The molecule has 3 aromatic rings. The first kappa shape index (κ1) is 22.5.